The lowest BCUT2D eigenvalue weighted by Crippen LogP contribution is -2.44. The van der Waals surface area contributed by atoms with Gasteiger partial charge >= 0.3 is 0 Å². The van der Waals surface area contributed by atoms with Crippen LogP contribution in [0.1, 0.15) is 48.8 Å². The predicted octanol–water partition coefficient (Wildman–Crippen LogP) is 5.93. The molecule has 1 aliphatic carbocycles. The van der Waals surface area contributed by atoms with Gasteiger partial charge < -0.3 is 20.1 Å². The van der Waals surface area contributed by atoms with Gasteiger partial charge in [0.2, 0.25) is 0 Å². The Morgan fingerprint density at radius 2 is 1.97 bits per heavy atom. The number of nitrogens with two attached hydrogens (primary N) is 1. The molecule has 2 aromatic rings. The molecule has 1 saturated carbocycles. The van der Waals surface area contributed by atoms with Gasteiger partial charge in [0.1, 0.15) is 11.5 Å². The van der Waals surface area contributed by atoms with Crippen LogP contribution < -0.4 is 15.2 Å². The van der Waals surface area contributed by atoms with Gasteiger partial charge in [-0.25, -0.2) is 0 Å². The Morgan fingerprint density at radius 1 is 1.23 bits per heavy atom. The van der Waals surface area contributed by atoms with Crippen molar-refractivity contribution in [1.29, 1.82) is 0 Å². The predicted molar refractivity (Wildman–Crippen MR) is 127 cm³/mol. The van der Waals surface area contributed by atoms with Crippen LogP contribution >= 0.6 is 11.6 Å². The van der Waals surface area contributed by atoms with Crippen molar-refractivity contribution in [2.75, 3.05) is 7.11 Å². The fourth-order valence-electron chi connectivity index (χ4n) is 4.48. The molecule has 1 heterocycles. The van der Waals surface area contributed by atoms with Crippen molar-refractivity contribution in [3.63, 3.8) is 0 Å². The van der Waals surface area contributed by atoms with E-state index < -0.39 is 0 Å². The molecule has 164 valence electrons. The number of methoxy groups -OCH3 is 1. The molecule has 4 nitrogen and oxygen atoms in total. The molecule has 0 unspecified atom stereocenters. The maximum Gasteiger partial charge on any atom is 0.138 e. The summed E-state index contributed by atoms with van der Waals surface area (Å²) in [4.78, 5) is 2.28. The van der Waals surface area contributed by atoms with Crippen molar-refractivity contribution in [2.24, 2.45) is 5.73 Å². The summed E-state index contributed by atoms with van der Waals surface area (Å²) in [5, 5.41) is 0.675. The Kier molecular flexibility index (Phi) is 6.59. The zero-order chi connectivity index (χ0) is 21.8. The maximum absolute atomic E-state index is 6.61. The SMILES string of the molecule is C=CCC1(N)CCC(Oc2cc3c(cc2Cl)CN(Cc2ccc(OC)cc2)C=C3)CC1. The number of hydrogen-bond acceptors (Lipinski definition) is 4. The minimum absolute atomic E-state index is 0.128. The van der Waals surface area contributed by atoms with Crippen LogP contribution in [0.4, 0.5) is 0 Å². The molecule has 2 N–H and O–H groups in total. The van der Waals surface area contributed by atoms with Crippen molar-refractivity contribution in [3.8, 4) is 11.5 Å². The molecule has 0 atom stereocenters. The highest BCUT2D eigenvalue weighted by molar-refractivity contribution is 6.32. The van der Waals surface area contributed by atoms with E-state index in [1.165, 1.54) is 16.7 Å². The fraction of sp³-hybridized carbons (Fsp3) is 0.385. The lowest BCUT2D eigenvalue weighted by Gasteiger charge is -2.36. The molecule has 0 saturated heterocycles. The second-order valence-electron chi connectivity index (χ2n) is 8.72. The molecule has 0 radical (unpaired) electrons. The van der Waals surface area contributed by atoms with E-state index in [-0.39, 0.29) is 11.6 Å². The van der Waals surface area contributed by atoms with Gasteiger partial charge in [-0.1, -0.05) is 29.8 Å². The minimum atomic E-state index is -0.128. The van der Waals surface area contributed by atoms with Crippen LogP contribution in [0.3, 0.4) is 0 Å². The molecule has 0 spiro atoms. The van der Waals surface area contributed by atoms with E-state index in [1.807, 2.05) is 24.3 Å². The van der Waals surface area contributed by atoms with Gasteiger partial charge in [0.25, 0.3) is 0 Å². The average Bonchev–Trinajstić information content (AvgIpc) is 2.77. The largest absolute Gasteiger partial charge is 0.497 e. The Hall–Kier alpha value is -2.43. The number of rotatable bonds is 7. The van der Waals surface area contributed by atoms with Crippen molar-refractivity contribution in [3.05, 3.63) is 77.0 Å². The fourth-order valence-corrected chi connectivity index (χ4v) is 4.71. The number of halogens is 1. The molecule has 1 aliphatic heterocycles. The van der Waals surface area contributed by atoms with Gasteiger partial charge in [-0.15, -0.1) is 6.58 Å². The van der Waals surface area contributed by atoms with E-state index in [2.05, 4.69) is 42.0 Å². The topological polar surface area (TPSA) is 47.7 Å². The summed E-state index contributed by atoms with van der Waals surface area (Å²) >= 11 is 6.61. The zero-order valence-electron chi connectivity index (χ0n) is 18.1. The summed E-state index contributed by atoms with van der Waals surface area (Å²) in [7, 11) is 1.68. The van der Waals surface area contributed by atoms with Crippen LogP contribution in [0.2, 0.25) is 5.02 Å². The van der Waals surface area contributed by atoms with Crippen LogP contribution in [0, 0.1) is 0 Å². The first-order valence-corrected chi connectivity index (χ1v) is 11.3. The van der Waals surface area contributed by atoms with Crippen LogP contribution in [0.5, 0.6) is 11.5 Å². The number of benzene rings is 2. The molecule has 1 fully saturated rings. The van der Waals surface area contributed by atoms with Crippen molar-refractivity contribution in [2.45, 2.75) is 56.8 Å². The smallest absolute Gasteiger partial charge is 0.138 e. The first-order valence-electron chi connectivity index (χ1n) is 10.9. The van der Waals surface area contributed by atoms with Crippen LogP contribution in [0.15, 0.2) is 55.3 Å². The number of hydrogen-bond donors (Lipinski definition) is 1. The lowest BCUT2D eigenvalue weighted by atomic mass is 9.79. The summed E-state index contributed by atoms with van der Waals surface area (Å²) in [6, 6.07) is 12.3. The number of fused-ring (bicyclic) bond motifs is 1. The highest BCUT2D eigenvalue weighted by Gasteiger charge is 2.31. The Morgan fingerprint density at radius 3 is 2.65 bits per heavy atom. The highest BCUT2D eigenvalue weighted by Crippen LogP contribution is 2.36. The van der Waals surface area contributed by atoms with Crippen LogP contribution in [-0.4, -0.2) is 23.7 Å². The second kappa shape index (κ2) is 9.37. The Balaban J connectivity index is 1.39. The lowest BCUT2D eigenvalue weighted by molar-refractivity contribution is 0.119. The normalized spacial score (nSPS) is 22.7. The molecule has 2 aliphatic rings. The van der Waals surface area contributed by atoms with Crippen molar-refractivity contribution >= 4 is 17.7 Å². The van der Waals surface area contributed by atoms with E-state index >= 15 is 0 Å². The van der Waals surface area contributed by atoms with E-state index in [1.54, 1.807) is 7.11 Å². The molecule has 4 rings (SSSR count). The quantitative estimate of drug-likeness (QED) is 0.544. The Labute approximate surface area is 190 Å². The average molecular weight is 439 g/mol. The van der Waals surface area contributed by atoms with Gasteiger partial charge in [0.05, 0.1) is 18.2 Å². The van der Waals surface area contributed by atoms with Crippen molar-refractivity contribution in [1.82, 2.24) is 4.90 Å². The Bertz CT molecular complexity index is 947. The molecule has 5 heteroatoms. The van der Waals surface area contributed by atoms with Crippen LogP contribution in [0.25, 0.3) is 6.08 Å². The third-order valence-corrected chi connectivity index (χ3v) is 6.65. The van der Waals surface area contributed by atoms with Gasteiger partial charge in [-0.05, 0) is 79.1 Å². The van der Waals surface area contributed by atoms with Gasteiger partial charge in [0, 0.05) is 24.8 Å². The van der Waals surface area contributed by atoms with Crippen molar-refractivity contribution < 1.29 is 9.47 Å². The molecule has 2 aromatic carbocycles. The van der Waals surface area contributed by atoms with E-state index in [4.69, 9.17) is 26.8 Å². The molecule has 31 heavy (non-hydrogen) atoms. The maximum atomic E-state index is 6.61. The summed E-state index contributed by atoms with van der Waals surface area (Å²) in [6.45, 7) is 5.49. The molecule has 0 aromatic heterocycles. The summed E-state index contributed by atoms with van der Waals surface area (Å²) in [6.07, 6.45) is 11.0. The van der Waals surface area contributed by atoms with E-state index in [9.17, 15) is 0 Å². The monoisotopic (exact) mass is 438 g/mol. The van der Waals surface area contributed by atoms with Gasteiger partial charge in [-0.2, -0.15) is 0 Å². The first kappa shape index (κ1) is 21.8. The third kappa shape index (κ3) is 5.25. The second-order valence-corrected chi connectivity index (χ2v) is 9.13. The molecular weight excluding hydrogens is 408 g/mol. The van der Waals surface area contributed by atoms with E-state index in [0.29, 0.717) is 5.02 Å². The minimum Gasteiger partial charge on any atom is -0.497 e. The van der Waals surface area contributed by atoms with Gasteiger partial charge in [0.15, 0.2) is 0 Å². The number of nitrogens with zero attached hydrogens (tertiary/aromatic N) is 1. The first-order chi connectivity index (χ1) is 15.0. The summed E-state index contributed by atoms with van der Waals surface area (Å²) in [5.74, 6) is 1.64. The standard InChI is InChI=1S/C26H31ClN2O2/c1-3-11-26(28)12-8-23(9-13-26)31-25-16-20-10-14-29(18-21(20)15-24(25)27)17-19-4-6-22(30-2)7-5-19/h3-7,10,14-16,23H,1,8-9,11-13,17-18,28H2,2H3. The van der Waals surface area contributed by atoms with Gasteiger partial charge in [-0.3, -0.25) is 0 Å². The zero-order valence-corrected chi connectivity index (χ0v) is 18.9. The van der Waals surface area contributed by atoms with E-state index in [0.717, 1.165) is 56.7 Å². The highest BCUT2D eigenvalue weighted by atomic mass is 35.5. The van der Waals surface area contributed by atoms with Crippen LogP contribution in [-0.2, 0) is 13.1 Å². The molecular formula is C26H31ClN2O2. The number of ether oxygens (including phenoxy) is 2. The summed E-state index contributed by atoms with van der Waals surface area (Å²) in [5.41, 5.74) is 9.95. The molecule has 0 bridgehead atoms. The molecule has 0 amide bonds. The third-order valence-electron chi connectivity index (χ3n) is 6.35. The summed E-state index contributed by atoms with van der Waals surface area (Å²) < 4.78 is 11.5.